The third-order valence-corrected chi connectivity index (χ3v) is 3.55. The summed E-state index contributed by atoms with van der Waals surface area (Å²) in [7, 11) is 0. The van der Waals surface area contributed by atoms with Gasteiger partial charge < -0.3 is 4.90 Å². The molecule has 0 N–H and O–H groups in total. The van der Waals surface area contributed by atoms with Crippen LogP contribution in [0.1, 0.15) is 44.6 Å². The lowest BCUT2D eigenvalue weighted by atomic mass is 9.98. The molecule has 1 fully saturated rings. The van der Waals surface area contributed by atoms with Gasteiger partial charge in [0, 0.05) is 18.8 Å². The van der Waals surface area contributed by atoms with E-state index in [0.717, 1.165) is 0 Å². The van der Waals surface area contributed by atoms with Crippen LogP contribution in [0.4, 0.5) is 5.69 Å². The lowest BCUT2D eigenvalue weighted by molar-refractivity contribution is 0.733. The van der Waals surface area contributed by atoms with E-state index in [0.29, 0.717) is 5.92 Å². The highest BCUT2D eigenvalue weighted by atomic mass is 15.1. The zero-order valence-electron chi connectivity index (χ0n) is 9.87. The molecule has 1 nitrogen and oxygen atoms in total. The Kier molecular flexibility index (Phi) is 3.30. The highest BCUT2D eigenvalue weighted by Gasteiger charge is 2.12. The molecule has 82 valence electrons. The van der Waals surface area contributed by atoms with E-state index in [4.69, 9.17) is 0 Å². The number of benzene rings is 1. The zero-order chi connectivity index (χ0) is 10.7. The first-order valence-electron chi connectivity index (χ1n) is 6.16. The molecule has 0 aliphatic carbocycles. The minimum Gasteiger partial charge on any atom is -0.372 e. The Bertz CT molecular complexity index is 296. The van der Waals surface area contributed by atoms with Crippen LogP contribution in [0.15, 0.2) is 24.3 Å². The Morgan fingerprint density at radius 3 is 2.27 bits per heavy atom. The summed E-state index contributed by atoms with van der Waals surface area (Å²) in [6, 6.07) is 9.16. The van der Waals surface area contributed by atoms with Gasteiger partial charge in [-0.15, -0.1) is 0 Å². The summed E-state index contributed by atoms with van der Waals surface area (Å²) in [4.78, 5) is 2.49. The van der Waals surface area contributed by atoms with Crippen LogP contribution in [0.25, 0.3) is 0 Å². The maximum atomic E-state index is 2.49. The molecule has 1 aromatic rings. The Hall–Kier alpha value is -0.980. The third kappa shape index (κ3) is 2.34. The van der Waals surface area contributed by atoms with Gasteiger partial charge in [0.2, 0.25) is 0 Å². The van der Waals surface area contributed by atoms with E-state index in [1.54, 1.807) is 0 Å². The molecule has 0 saturated carbocycles. The van der Waals surface area contributed by atoms with Gasteiger partial charge in [-0.05, 0) is 42.9 Å². The number of rotatable bonds is 3. The Labute approximate surface area is 93.1 Å². The van der Waals surface area contributed by atoms with Crippen molar-refractivity contribution in [1.29, 1.82) is 0 Å². The SMILES string of the molecule is CCC(C)c1ccc(N2CCCC2)cc1. The van der Waals surface area contributed by atoms with E-state index in [2.05, 4.69) is 43.0 Å². The predicted molar refractivity (Wildman–Crippen MR) is 66.6 cm³/mol. The van der Waals surface area contributed by atoms with E-state index in [9.17, 15) is 0 Å². The summed E-state index contributed by atoms with van der Waals surface area (Å²) in [5.74, 6) is 0.692. The van der Waals surface area contributed by atoms with Crippen LogP contribution < -0.4 is 4.90 Å². The zero-order valence-corrected chi connectivity index (χ0v) is 9.87. The molecular weight excluding hydrogens is 182 g/mol. The average Bonchev–Trinajstić information content (AvgIpc) is 2.82. The summed E-state index contributed by atoms with van der Waals surface area (Å²) in [5.41, 5.74) is 2.88. The lowest BCUT2D eigenvalue weighted by Gasteiger charge is -2.18. The maximum absolute atomic E-state index is 2.49. The van der Waals surface area contributed by atoms with Gasteiger partial charge in [-0.3, -0.25) is 0 Å². The average molecular weight is 203 g/mol. The fourth-order valence-electron chi connectivity index (χ4n) is 2.22. The molecule has 0 bridgehead atoms. The minimum atomic E-state index is 0.692. The van der Waals surface area contributed by atoms with Gasteiger partial charge in [0.05, 0.1) is 0 Å². The predicted octanol–water partition coefficient (Wildman–Crippen LogP) is 3.80. The van der Waals surface area contributed by atoms with Crippen LogP contribution >= 0.6 is 0 Å². The van der Waals surface area contributed by atoms with Crippen molar-refractivity contribution in [3.05, 3.63) is 29.8 Å². The van der Waals surface area contributed by atoms with Crippen molar-refractivity contribution in [1.82, 2.24) is 0 Å². The normalized spacial score (nSPS) is 18.1. The molecule has 0 aromatic heterocycles. The maximum Gasteiger partial charge on any atom is 0.0366 e. The first-order chi connectivity index (χ1) is 7.31. The molecular formula is C14H21N. The first kappa shape index (κ1) is 10.5. The van der Waals surface area contributed by atoms with Crippen LogP contribution in [0, 0.1) is 0 Å². The summed E-state index contributed by atoms with van der Waals surface area (Å²) >= 11 is 0. The fourth-order valence-corrected chi connectivity index (χ4v) is 2.22. The number of hydrogen-bond donors (Lipinski definition) is 0. The molecule has 0 radical (unpaired) electrons. The van der Waals surface area contributed by atoms with Crippen LogP contribution in [0.5, 0.6) is 0 Å². The molecule has 1 unspecified atom stereocenters. The Morgan fingerprint density at radius 1 is 1.13 bits per heavy atom. The van der Waals surface area contributed by atoms with Crippen LogP contribution in [-0.4, -0.2) is 13.1 Å². The molecule has 0 amide bonds. The van der Waals surface area contributed by atoms with Gasteiger partial charge in [0.25, 0.3) is 0 Å². The van der Waals surface area contributed by atoms with Crippen molar-refractivity contribution in [2.75, 3.05) is 18.0 Å². The van der Waals surface area contributed by atoms with Gasteiger partial charge in [0.15, 0.2) is 0 Å². The largest absolute Gasteiger partial charge is 0.372 e. The molecule has 1 aliphatic heterocycles. The molecule has 2 rings (SSSR count). The van der Waals surface area contributed by atoms with Gasteiger partial charge in [0.1, 0.15) is 0 Å². The monoisotopic (exact) mass is 203 g/mol. The molecule has 0 spiro atoms. The highest BCUT2D eigenvalue weighted by Crippen LogP contribution is 2.24. The summed E-state index contributed by atoms with van der Waals surface area (Å²) in [6.07, 6.45) is 3.93. The molecule has 1 atom stereocenters. The second-order valence-electron chi connectivity index (χ2n) is 4.59. The molecule has 1 aliphatic rings. The van der Waals surface area contributed by atoms with E-state index < -0.39 is 0 Å². The van der Waals surface area contributed by atoms with Crippen molar-refractivity contribution >= 4 is 5.69 Å². The van der Waals surface area contributed by atoms with Crippen molar-refractivity contribution in [3.8, 4) is 0 Å². The molecule has 1 heteroatoms. The van der Waals surface area contributed by atoms with Crippen molar-refractivity contribution in [2.24, 2.45) is 0 Å². The summed E-state index contributed by atoms with van der Waals surface area (Å²) in [5, 5.41) is 0. The van der Waals surface area contributed by atoms with Gasteiger partial charge in [-0.25, -0.2) is 0 Å². The van der Waals surface area contributed by atoms with Crippen LogP contribution in [0.2, 0.25) is 0 Å². The van der Waals surface area contributed by atoms with Crippen LogP contribution in [0.3, 0.4) is 0 Å². The standard InChI is InChI=1S/C14H21N/c1-3-12(2)13-6-8-14(9-7-13)15-10-4-5-11-15/h6-9,12H,3-5,10-11H2,1-2H3. The second-order valence-corrected chi connectivity index (χ2v) is 4.59. The molecule has 1 aromatic carbocycles. The van der Waals surface area contributed by atoms with E-state index in [1.807, 2.05) is 0 Å². The number of anilines is 1. The van der Waals surface area contributed by atoms with Gasteiger partial charge in [-0.2, -0.15) is 0 Å². The van der Waals surface area contributed by atoms with Crippen molar-refractivity contribution < 1.29 is 0 Å². The quantitative estimate of drug-likeness (QED) is 0.722. The fraction of sp³-hybridized carbons (Fsp3) is 0.571. The van der Waals surface area contributed by atoms with Crippen molar-refractivity contribution in [2.45, 2.75) is 39.0 Å². The smallest absolute Gasteiger partial charge is 0.0366 e. The Balaban J connectivity index is 2.09. The van der Waals surface area contributed by atoms with E-state index in [-0.39, 0.29) is 0 Å². The summed E-state index contributed by atoms with van der Waals surface area (Å²) in [6.45, 7) is 7.02. The molecule has 1 heterocycles. The van der Waals surface area contributed by atoms with E-state index in [1.165, 1.54) is 43.6 Å². The Morgan fingerprint density at radius 2 is 1.73 bits per heavy atom. The minimum absolute atomic E-state index is 0.692. The molecule has 1 saturated heterocycles. The summed E-state index contributed by atoms with van der Waals surface area (Å²) < 4.78 is 0. The second kappa shape index (κ2) is 4.69. The lowest BCUT2D eigenvalue weighted by Crippen LogP contribution is -2.17. The highest BCUT2D eigenvalue weighted by molar-refractivity contribution is 5.48. The number of nitrogens with zero attached hydrogens (tertiary/aromatic N) is 1. The number of hydrogen-bond acceptors (Lipinski definition) is 1. The van der Waals surface area contributed by atoms with Gasteiger partial charge >= 0.3 is 0 Å². The molecule has 15 heavy (non-hydrogen) atoms. The third-order valence-electron chi connectivity index (χ3n) is 3.55. The van der Waals surface area contributed by atoms with E-state index >= 15 is 0 Å². The van der Waals surface area contributed by atoms with Crippen molar-refractivity contribution in [3.63, 3.8) is 0 Å². The topological polar surface area (TPSA) is 3.24 Å². The first-order valence-corrected chi connectivity index (χ1v) is 6.16. The van der Waals surface area contributed by atoms with Gasteiger partial charge in [-0.1, -0.05) is 26.0 Å². The van der Waals surface area contributed by atoms with Crippen LogP contribution in [-0.2, 0) is 0 Å².